The van der Waals surface area contributed by atoms with Gasteiger partial charge in [-0.3, -0.25) is 0 Å². The molecular weight excluding hydrogens is 346 g/mol. The van der Waals surface area contributed by atoms with Crippen molar-refractivity contribution >= 4 is 19.9 Å². The predicted molar refractivity (Wildman–Crippen MR) is 96.4 cm³/mol. The van der Waals surface area contributed by atoms with Crippen LogP contribution < -0.4 is 0 Å². The molecule has 24 heavy (non-hydrogen) atoms. The lowest BCUT2D eigenvalue weighted by Crippen LogP contribution is -2.46. The average molecular weight is 374 g/mol. The minimum atomic E-state index is -3.72. The van der Waals surface area contributed by atoms with Gasteiger partial charge in [0.15, 0.2) is 9.84 Å². The molecule has 0 saturated carbocycles. The SMILES string of the molecule is CC[C@H](C)N([C@H]1CCS(=O)(=O)C1)S(=O)(=O)c1ccc(C(C)C)cc1. The van der Waals surface area contributed by atoms with Crippen LogP contribution in [0, 0.1) is 0 Å². The summed E-state index contributed by atoms with van der Waals surface area (Å²) in [5.74, 6) is 0.306. The zero-order valence-corrected chi connectivity index (χ0v) is 16.4. The Morgan fingerprint density at radius 1 is 1.17 bits per heavy atom. The maximum atomic E-state index is 13.1. The molecule has 1 aliphatic rings. The molecule has 1 saturated heterocycles. The number of sulfone groups is 1. The Labute approximate surface area is 146 Å². The summed E-state index contributed by atoms with van der Waals surface area (Å²) in [6.45, 7) is 7.86. The molecule has 7 heteroatoms. The summed E-state index contributed by atoms with van der Waals surface area (Å²) < 4.78 is 51.3. The number of hydrogen-bond donors (Lipinski definition) is 0. The van der Waals surface area contributed by atoms with Gasteiger partial charge < -0.3 is 0 Å². The summed E-state index contributed by atoms with van der Waals surface area (Å²) in [4.78, 5) is 0.233. The molecule has 0 spiro atoms. The van der Waals surface area contributed by atoms with Gasteiger partial charge >= 0.3 is 0 Å². The lowest BCUT2D eigenvalue weighted by atomic mass is 10.0. The third-order valence-electron chi connectivity index (χ3n) is 4.72. The van der Waals surface area contributed by atoms with Crippen LogP contribution in [0.1, 0.15) is 52.0 Å². The van der Waals surface area contributed by atoms with Gasteiger partial charge in [-0.1, -0.05) is 32.9 Å². The number of sulfonamides is 1. The third-order valence-corrected chi connectivity index (χ3v) is 8.55. The first kappa shape index (κ1) is 19.4. The fourth-order valence-electron chi connectivity index (χ4n) is 3.10. The highest BCUT2D eigenvalue weighted by molar-refractivity contribution is 7.92. The minimum absolute atomic E-state index is 0.0619. The van der Waals surface area contributed by atoms with Gasteiger partial charge in [0.05, 0.1) is 16.4 Å². The molecule has 0 aliphatic carbocycles. The van der Waals surface area contributed by atoms with E-state index in [0.29, 0.717) is 18.8 Å². The highest BCUT2D eigenvalue weighted by atomic mass is 32.2. The predicted octanol–water partition coefficient (Wildman–Crippen LogP) is 2.79. The first-order valence-corrected chi connectivity index (χ1v) is 11.7. The summed E-state index contributed by atoms with van der Waals surface area (Å²) >= 11 is 0. The maximum absolute atomic E-state index is 13.1. The Morgan fingerprint density at radius 2 is 1.75 bits per heavy atom. The van der Waals surface area contributed by atoms with E-state index < -0.39 is 25.9 Å². The van der Waals surface area contributed by atoms with E-state index in [4.69, 9.17) is 0 Å². The number of benzene rings is 1. The second-order valence-corrected chi connectivity index (χ2v) is 10.9. The van der Waals surface area contributed by atoms with E-state index in [0.717, 1.165) is 5.56 Å². The second-order valence-electron chi connectivity index (χ2n) is 6.87. The van der Waals surface area contributed by atoms with Crippen LogP contribution in [0.3, 0.4) is 0 Å². The van der Waals surface area contributed by atoms with E-state index >= 15 is 0 Å². The van der Waals surface area contributed by atoms with E-state index in [1.54, 1.807) is 12.1 Å². The Morgan fingerprint density at radius 3 is 2.17 bits per heavy atom. The molecular formula is C17H27NO4S2. The van der Waals surface area contributed by atoms with Crippen molar-refractivity contribution in [3.05, 3.63) is 29.8 Å². The fraction of sp³-hybridized carbons (Fsp3) is 0.647. The highest BCUT2D eigenvalue weighted by Gasteiger charge is 2.40. The third kappa shape index (κ3) is 4.00. The first-order valence-electron chi connectivity index (χ1n) is 8.42. The largest absolute Gasteiger partial charge is 0.243 e. The van der Waals surface area contributed by atoms with Crippen LogP contribution in [0.5, 0.6) is 0 Å². The molecule has 0 bridgehead atoms. The lowest BCUT2D eigenvalue weighted by molar-refractivity contribution is 0.271. The van der Waals surface area contributed by atoms with Crippen molar-refractivity contribution in [2.45, 2.75) is 63.4 Å². The van der Waals surface area contributed by atoms with Gasteiger partial charge in [0, 0.05) is 12.1 Å². The highest BCUT2D eigenvalue weighted by Crippen LogP contribution is 2.29. The van der Waals surface area contributed by atoms with Crippen molar-refractivity contribution in [2.24, 2.45) is 0 Å². The molecule has 0 radical (unpaired) electrons. The summed E-state index contributed by atoms with van der Waals surface area (Å²) in [6, 6.07) is 6.21. The van der Waals surface area contributed by atoms with Crippen LogP contribution in [-0.4, -0.2) is 44.7 Å². The van der Waals surface area contributed by atoms with Gasteiger partial charge in [0.1, 0.15) is 0 Å². The van der Waals surface area contributed by atoms with Crippen LogP contribution >= 0.6 is 0 Å². The molecule has 136 valence electrons. The van der Waals surface area contributed by atoms with Gasteiger partial charge in [-0.2, -0.15) is 4.31 Å². The van der Waals surface area contributed by atoms with Crippen molar-refractivity contribution < 1.29 is 16.8 Å². The average Bonchev–Trinajstić information content (AvgIpc) is 2.86. The molecule has 2 atom stereocenters. The molecule has 0 aromatic heterocycles. The Balaban J connectivity index is 2.40. The molecule has 0 unspecified atom stereocenters. The Kier molecular flexibility index (Phi) is 5.77. The van der Waals surface area contributed by atoms with Crippen LogP contribution in [0.15, 0.2) is 29.2 Å². The lowest BCUT2D eigenvalue weighted by Gasteiger charge is -2.32. The van der Waals surface area contributed by atoms with Gasteiger partial charge in [0.2, 0.25) is 10.0 Å². The summed E-state index contributed by atoms with van der Waals surface area (Å²) in [6.07, 6.45) is 1.01. The van der Waals surface area contributed by atoms with E-state index in [1.165, 1.54) is 4.31 Å². The minimum Gasteiger partial charge on any atom is -0.229 e. The number of hydrogen-bond acceptors (Lipinski definition) is 4. The summed E-state index contributed by atoms with van der Waals surface area (Å²) in [5, 5.41) is 0. The van der Waals surface area contributed by atoms with Crippen molar-refractivity contribution in [1.82, 2.24) is 4.31 Å². The quantitative estimate of drug-likeness (QED) is 0.769. The first-order chi connectivity index (χ1) is 11.1. The van der Waals surface area contributed by atoms with Crippen molar-refractivity contribution in [2.75, 3.05) is 11.5 Å². The van der Waals surface area contributed by atoms with E-state index in [-0.39, 0.29) is 22.4 Å². The topological polar surface area (TPSA) is 71.5 Å². The normalized spacial score (nSPS) is 22.2. The van der Waals surface area contributed by atoms with E-state index in [9.17, 15) is 16.8 Å². The van der Waals surface area contributed by atoms with Crippen LogP contribution in [0.4, 0.5) is 0 Å². The molecule has 1 aliphatic heterocycles. The Hall–Kier alpha value is -0.920. The maximum Gasteiger partial charge on any atom is 0.243 e. The van der Waals surface area contributed by atoms with Crippen molar-refractivity contribution in [3.63, 3.8) is 0 Å². The smallest absolute Gasteiger partial charge is 0.229 e. The molecule has 2 rings (SSSR count). The molecule has 1 fully saturated rings. The number of rotatable bonds is 6. The molecule has 5 nitrogen and oxygen atoms in total. The molecule has 0 N–H and O–H groups in total. The van der Waals surface area contributed by atoms with Crippen LogP contribution in [0.2, 0.25) is 0 Å². The van der Waals surface area contributed by atoms with Crippen molar-refractivity contribution in [1.29, 1.82) is 0 Å². The molecule has 0 amide bonds. The summed E-state index contributed by atoms with van der Waals surface area (Å²) in [7, 11) is -6.87. The molecule has 1 aromatic carbocycles. The van der Waals surface area contributed by atoms with Gasteiger partial charge in [-0.05, 0) is 43.4 Å². The zero-order valence-electron chi connectivity index (χ0n) is 14.8. The van der Waals surface area contributed by atoms with Crippen LogP contribution in [0.25, 0.3) is 0 Å². The zero-order chi connectivity index (χ0) is 18.1. The number of nitrogens with zero attached hydrogens (tertiary/aromatic N) is 1. The van der Waals surface area contributed by atoms with Gasteiger partial charge in [0.25, 0.3) is 0 Å². The molecule has 1 heterocycles. The van der Waals surface area contributed by atoms with Crippen LogP contribution in [-0.2, 0) is 19.9 Å². The second kappa shape index (κ2) is 7.14. The van der Waals surface area contributed by atoms with Gasteiger partial charge in [-0.25, -0.2) is 16.8 Å². The monoisotopic (exact) mass is 373 g/mol. The summed E-state index contributed by atoms with van der Waals surface area (Å²) in [5.41, 5.74) is 1.08. The standard InChI is InChI=1S/C17H27NO4S2/c1-5-14(4)18(16-10-11-23(19,20)12-16)24(21,22)17-8-6-15(7-9-17)13(2)3/h6-9,13-14,16H,5,10-12H2,1-4H3/t14-,16-/m0/s1. The van der Waals surface area contributed by atoms with E-state index in [1.807, 2.05) is 26.0 Å². The van der Waals surface area contributed by atoms with Gasteiger partial charge in [-0.15, -0.1) is 0 Å². The fourth-order valence-corrected chi connectivity index (χ4v) is 6.82. The Bertz CT molecular complexity index is 767. The van der Waals surface area contributed by atoms with E-state index in [2.05, 4.69) is 13.8 Å². The molecule has 1 aromatic rings. The van der Waals surface area contributed by atoms with Crippen molar-refractivity contribution in [3.8, 4) is 0 Å².